The molecular weight excluding hydrogens is 214 g/mol. The zero-order valence-corrected chi connectivity index (χ0v) is 10.2. The maximum absolute atomic E-state index is 11.8. The molecule has 0 spiro atoms. The Morgan fingerprint density at radius 1 is 1.47 bits per heavy atom. The number of hydrazone groups is 1. The van der Waals surface area contributed by atoms with Crippen LogP contribution >= 0.6 is 0 Å². The first-order valence-electron chi connectivity index (χ1n) is 5.81. The molecule has 90 valence electrons. The lowest BCUT2D eigenvalue weighted by Crippen LogP contribution is -2.19. The van der Waals surface area contributed by atoms with Crippen LogP contribution in [0.5, 0.6) is 0 Å². The minimum atomic E-state index is 0.0197. The van der Waals surface area contributed by atoms with Gasteiger partial charge in [-0.05, 0) is 30.5 Å². The number of hydrogen-bond acceptors (Lipinski definition) is 3. The monoisotopic (exact) mass is 231 g/mol. The van der Waals surface area contributed by atoms with Crippen molar-refractivity contribution in [2.24, 2.45) is 11.0 Å². The number of benzene rings is 1. The van der Waals surface area contributed by atoms with Crippen molar-refractivity contribution in [2.45, 2.75) is 26.7 Å². The van der Waals surface area contributed by atoms with Crippen LogP contribution in [0.2, 0.25) is 0 Å². The lowest BCUT2D eigenvalue weighted by Gasteiger charge is -2.11. The molecule has 0 atom stereocenters. The third-order valence-electron chi connectivity index (χ3n) is 2.59. The van der Waals surface area contributed by atoms with Crippen LogP contribution in [0.1, 0.15) is 26.7 Å². The molecule has 0 fully saturated rings. The fourth-order valence-electron chi connectivity index (χ4n) is 1.92. The number of amides is 1. The molecule has 0 unspecified atom stereocenters. The molecule has 0 radical (unpaired) electrons. The lowest BCUT2D eigenvalue weighted by atomic mass is 10.1. The van der Waals surface area contributed by atoms with Gasteiger partial charge >= 0.3 is 0 Å². The second kappa shape index (κ2) is 4.57. The Hall–Kier alpha value is -1.84. The van der Waals surface area contributed by atoms with E-state index in [1.807, 2.05) is 12.1 Å². The number of carbonyl (C=O) groups excluding carboxylic acids is 1. The summed E-state index contributed by atoms with van der Waals surface area (Å²) in [5, 5.41) is 5.82. The molecule has 2 rings (SSSR count). The number of nitrogens with zero attached hydrogens (tertiary/aromatic N) is 2. The fourth-order valence-corrected chi connectivity index (χ4v) is 1.92. The molecule has 4 heteroatoms. The number of anilines is 2. The van der Waals surface area contributed by atoms with Gasteiger partial charge in [0.15, 0.2) is 0 Å². The Balaban J connectivity index is 2.21. The molecule has 0 aromatic heterocycles. The van der Waals surface area contributed by atoms with Crippen molar-refractivity contribution in [3.63, 3.8) is 0 Å². The van der Waals surface area contributed by atoms with Gasteiger partial charge in [0.1, 0.15) is 0 Å². The van der Waals surface area contributed by atoms with Crippen LogP contribution in [0.4, 0.5) is 11.4 Å². The number of nitrogen functional groups attached to an aromatic ring is 1. The number of nitrogens with two attached hydrogens (primary N) is 1. The minimum Gasteiger partial charge on any atom is -0.399 e. The topological polar surface area (TPSA) is 58.7 Å². The van der Waals surface area contributed by atoms with Gasteiger partial charge in [0.05, 0.1) is 12.1 Å². The molecule has 1 aliphatic rings. The standard InChI is InChI=1S/C13H17N3O/c1-9(2)6-11-8-13(17)16(15-11)12-5-3-4-10(14)7-12/h3-5,7,9H,6,8,14H2,1-2H3. The Morgan fingerprint density at radius 3 is 2.88 bits per heavy atom. The zero-order chi connectivity index (χ0) is 12.4. The van der Waals surface area contributed by atoms with Crippen molar-refractivity contribution in [3.05, 3.63) is 24.3 Å². The van der Waals surface area contributed by atoms with Gasteiger partial charge in [-0.3, -0.25) is 4.79 Å². The third-order valence-corrected chi connectivity index (χ3v) is 2.59. The van der Waals surface area contributed by atoms with Gasteiger partial charge in [-0.15, -0.1) is 0 Å². The van der Waals surface area contributed by atoms with Crippen molar-refractivity contribution >= 4 is 23.0 Å². The summed E-state index contributed by atoms with van der Waals surface area (Å²) < 4.78 is 0. The van der Waals surface area contributed by atoms with Crippen LogP contribution < -0.4 is 10.7 Å². The van der Waals surface area contributed by atoms with Crippen LogP contribution in [0.15, 0.2) is 29.4 Å². The minimum absolute atomic E-state index is 0.0197. The summed E-state index contributed by atoms with van der Waals surface area (Å²) in [6, 6.07) is 7.23. The summed E-state index contributed by atoms with van der Waals surface area (Å²) in [5.74, 6) is 0.536. The highest BCUT2D eigenvalue weighted by Crippen LogP contribution is 2.24. The summed E-state index contributed by atoms with van der Waals surface area (Å²) in [6.45, 7) is 4.24. The quantitative estimate of drug-likeness (QED) is 0.812. The molecule has 1 heterocycles. The average Bonchev–Trinajstić information content (AvgIpc) is 2.58. The van der Waals surface area contributed by atoms with Crippen molar-refractivity contribution in [1.29, 1.82) is 0 Å². The van der Waals surface area contributed by atoms with Crippen LogP contribution in [0.25, 0.3) is 0 Å². The molecule has 0 bridgehead atoms. The van der Waals surface area contributed by atoms with Crippen molar-refractivity contribution in [2.75, 3.05) is 10.7 Å². The predicted molar refractivity (Wildman–Crippen MR) is 69.8 cm³/mol. The average molecular weight is 231 g/mol. The maximum Gasteiger partial charge on any atom is 0.253 e. The van der Waals surface area contributed by atoms with Crippen molar-refractivity contribution in [3.8, 4) is 0 Å². The van der Waals surface area contributed by atoms with E-state index >= 15 is 0 Å². The second-order valence-corrected chi connectivity index (χ2v) is 4.74. The molecular formula is C13H17N3O. The predicted octanol–water partition coefficient (Wildman–Crippen LogP) is 2.41. The SMILES string of the molecule is CC(C)CC1=NN(c2cccc(N)c2)C(=O)C1. The van der Waals surface area contributed by atoms with E-state index in [1.54, 1.807) is 12.1 Å². The highest BCUT2D eigenvalue weighted by molar-refractivity contribution is 6.13. The normalized spacial score (nSPS) is 15.6. The van der Waals surface area contributed by atoms with Gasteiger partial charge in [-0.2, -0.15) is 5.10 Å². The molecule has 2 N–H and O–H groups in total. The number of carbonyl (C=O) groups is 1. The molecule has 0 saturated carbocycles. The van der Waals surface area contributed by atoms with Gasteiger partial charge in [0, 0.05) is 11.4 Å². The Morgan fingerprint density at radius 2 is 2.24 bits per heavy atom. The second-order valence-electron chi connectivity index (χ2n) is 4.74. The van der Waals surface area contributed by atoms with Crippen molar-refractivity contribution in [1.82, 2.24) is 0 Å². The van der Waals surface area contributed by atoms with Gasteiger partial charge in [-0.1, -0.05) is 19.9 Å². The number of rotatable bonds is 3. The molecule has 0 saturated heterocycles. The Labute approximate surface area is 101 Å². The van der Waals surface area contributed by atoms with Crippen LogP contribution in [0, 0.1) is 5.92 Å². The molecule has 17 heavy (non-hydrogen) atoms. The van der Waals surface area contributed by atoms with Crippen molar-refractivity contribution < 1.29 is 4.79 Å². The Bertz CT molecular complexity index is 465. The summed E-state index contributed by atoms with van der Waals surface area (Å²) in [7, 11) is 0. The van der Waals surface area contributed by atoms with E-state index in [4.69, 9.17) is 5.73 Å². The molecule has 0 aliphatic carbocycles. The summed E-state index contributed by atoms with van der Waals surface area (Å²) in [6.07, 6.45) is 1.29. The van der Waals surface area contributed by atoms with E-state index in [9.17, 15) is 4.79 Å². The first-order valence-corrected chi connectivity index (χ1v) is 5.81. The summed E-state index contributed by atoms with van der Waals surface area (Å²) in [4.78, 5) is 11.8. The third kappa shape index (κ3) is 2.64. The smallest absolute Gasteiger partial charge is 0.253 e. The molecule has 4 nitrogen and oxygen atoms in total. The largest absolute Gasteiger partial charge is 0.399 e. The fraction of sp³-hybridized carbons (Fsp3) is 0.385. The van der Waals surface area contributed by atoms with Gasteiger partial charge in [0.25, 0.3) is 5.91 Å². The zero-order valence-electron chi connectivity index (χ0n) is 10.2. The summed E-state index contributed by atoms with van der Waals surface area (Å²) >= 11 is 0. The highest BCUT2D eigenvalue weighted by atomic mass is 16.2. The summed E-state index contributed by atoms with van der Waals surface area (Å²) in [5.41, 5.74) is 8.04. The molecule has 1 aliphatic heterocycles. The first kappa shape index (κ1) is 11.6. The molecule has 1 aromatic rings. The van der Waals surface area contributed by atoms with Gasteiger partial charge in [-0.25, -0.2) is 5.01 Å². The van der Waals surface area contributed by atoms with E-state index in [2.05, 4.69) is 18.9 Å². The molecule has 1 aromatic carbocycles. The molecule has 1 amide bonds. The highest BCUT2D eigenvalue weighted by Gasteiger charge is 2.25. The van der Waals surface area contributed by atoms with E-state index in [1.165, 1.54) is 5.01 Å². The maximum atomic E-state index is 11.8. The van der Waals surface area contributed by atoms with E-state index in [-0.39, 0.29) is 5.91 Å². The van der Waals surface area contributed by atoms with Crippen LogP contribution in [-0.4, -0.2) is 11.6 Å². The van der Waals surface area contributed by atoms with E-state index in [0.29, 0.717) is 18.0 Å². The van der Waals surface area contributed by atoms with Crippen LogP contribution in [-0.2, 0) is 4.79 Å². The lowest BCUT2D eigenvalue weighted by molar-refractivity contribution is -0.116. The Kier molecular flexibility index (Phi) is 3.13. The number of hydrogen-bond donors (Lipinski definition) is 1. The van der Waals surface area contributed by atoms with E-state index in [0.717, 1.165) is 17.8 Å². The van der Waals surface area contributed by atoms with Gasteiger partial charge < -0.3 is 5.73 Å². The first-order chi connectivity index (χ1) is 8.06. The van der Waals surface area contributed by atoms with E-state index < -0.39 is 0 Å². The van der Waals surface area contributed by atoms with Gasteiger partial charge in [0.2, 0.25) is 0 Å². The van der Waals surface area contributed by atoms with Crippen LogP contribution in [0.3, 0.4) is 0 Å².